The monoisotopic (exact) mass is 497 g/mol. The van der Waals surface area contributed by atoms with Gasteiger partial charge in [0.05, 0.1) is 0 Å². The van der Waals surface area contributed by atoms with Crippen LogP contribution in [0.2, 0.25) is 0 Å². The summed E-state index contributed by atoms with van der Waals surface area (Å²) < 4.78 is 29.3. The number of benzene rings is 2. The summed E-state index contributed by atoms with van der Waals surface area (Å²) in [4.78, 5) is 26.9. The van der Waals surface area contributed by atoms with Gasteiger partial charge in [-0.2, -0.15) is 0 Å². The maximum atomic E-state index is 14.7. The van der Waals surface area contributed by atoms with Gasteiger partial charge in [-0.15, -0.1) is 0 Å². The summed E-state index contributed by atoms with van der Waals surface area (Å²) >= 11 is 0. The van der Waals surface area contributed by atoms with Crippen molar-refractivity contribution in [3.63, 3.8) is 0 Å². The Balaban J connectivity index is 1.26. The van der Waals surface area contributed by atoms with Gasteiger partial charge in [0.2, 0.25) is 5.91 Å². The van der Waals surface area contributed by atoms with Crippen LogP contribution in [0.15, 0.2) is 42.5 Å². The zero-order valence-corrected chi connectivity index (χ0v) is 21.7. The number of fused-ring (bicyclic) bond motifs is 1. The predicted octanol–water partition coefficient (Wildman–Crippen LogP) is 5.27. The molecule has 2 heterocycles. The SMILES string of the molecule is CC1CCC(N2Cc3cc(CNCCCC(F)(F)c4ccc(C(C)(C)C)cc4)ccc3C2=O)C(=O)N1. The Morgan fingerprint density at radius 3 is 2.39 bits per heavy atom. The van der Waals surface area contributed by atoms with Crippen LogP contribution in [0.4, 0.5) is 8.78 Å². The molecule has 2 unspecified atom stereocenters. The minimum absolute atomic E-state index is 0.0597. The van der Waals surface area contributed by atoms with Crippen molar-refractivity contribution in [2.75, 3.05) is 6.54 Å². The van der Waals surface area contributed by atoms with Crippen LogP contribution in [0.1, 0.15) is 86.0 Å². The summed E-state index contributed by atoms with van der Waals surface area (Å²) in [6.45, 7) is 9.60. The third kappa shape index (κ3) is 5.77. The summed E-state index contributed by atoms with van der Waals surface area (Å²) in [5, 5.41) is 6.19. The van der Waals surface area contributed by atoms with Crippen molar-refractivity contribution in [2.45, 2.75) is 89.9 Å². The first-order valence-corrected chi connectivity index (χ1v) is 12.9. The van der Waals surface area contributed by atoms with Gasteiger partial charge in [0, 0.05) is 36.7 Å². The summed E-state index contributed by atoms with van der Waals surface area (Å²) in [5.41, 5.74) is 3.58. The van der Waals surface area contributed by atoms with Crippen molar-refractivity contribution in [3.05, 3.63) is 70.3 Å². The molecule has 1 saturated heterocycles. The molecular weight excluding hydrogens is 460 g/mol. The van der Waals surface area contributed by atoms with E-state index >= 15 is 0 Å². The van der Waals surface area contributed by atoms with E-state index in [0.29, 0.717) is 38.0 Å². The zero-order chi connectivity index (χ0) is 26.1. The van der Waals surface area contributed by atoms with E-state index < -0.39 is 12.0 Å². The lowest BCUT2D eigenvalue weighted by molar-refractivity contribution is -0.128. The van der Waals surface area contributed by atoms with E-state index in [4.69, 9.17) is 0 Å². The Labute approximate surface area is 212 Å². The molecule has 2 aliphatic heterocycles. The Bertz CT molecular complexity index is 1110. The predicted molar refractivity (Wildman–Crippen MR) is 137 cm³/mol. The summed E-state index contributed by atoms with van der Waals surface area (Å²) in [5.74, 6) is -3.05. The number of carbonyl (C=O) groups is 2. The number of nitrogens with one attached hydrogen (secondary N) is 2. The van der Waals surface area contributed by atoms with Crippen LogP contribution in [0.3, 0.4) is 0 Å². The van der Waals surface area contributed by atoms with Crippen LogP contribution < -0.4 is 10.6 Å². The Morgan fingerprint density at radius 1 is 1.03 bits per heavy atom. The number of nitrogens with zero attached hydrogens (tertiary/aromatic N) is 1. The molecule has 0 bridgehead atoms. The van der Waals surface area contributed by atoms with Gasteiger partial charge >= 0.3 is 0 Å². The fourth-order valence-electron chi connectivity index (χ4n) is 5.03. The van der Waals surface area contributed by atoms with Crippen molar-refractivity contribution in [1.82, 2.24) is 15.5 Å². The van der Waals surface area contributed by atoms with Gasteiger partial charge in [0.25, 0.3) is 11.8 Å². The zero-order valence-electron chi connectivity index (χ0n) is 21.7. The molecule has 0 spiro atoms. The molecular formula is C29H37F2N3O2. The number of halogens is 2. The van der Waals surface area contributed by atoms with Crippen LogP contribution in [0, 0.1) is 0 Å². The van der Waals surface area contributed by atoms with Crippen LogP contribution in [-0.2, 0) is 29.2 Å². The summed E-state index contributed by atoms with van der Waals surface area (Å²) in [7, 11) is 0. The largest absolute Gasteiger partial charge is 0.352 e. The second-order valence-electron chi connectivity index (χ2n) is 11.2. The summed E-state index contributed by atoms with van der Waals surface area (Å²) in [6.07, 6.45) is 1.66. The molecule has 7 heteroatoms. The standard InChI is InChI=1S/C29H37F2N3O2/c1-19-6-13-25(26(35)33-19)34-18-21-16-20(7-12-24(21)27(34)36)17-32-15-5-14-29(30,31)23-10-8-22(9-11-23)28(2,3)4/h7-12,16,19,25,32H,5-6,13-15,17-18H2,1-4H3,(H,33,35). The van der Waals surface area contributed by atoms with Crippen molar-refractivity contribution >= 4 is 11.8 Å². The lowest BCUT2D eigenvalue weighted by Crippen LogP contribution is -2.53. The summed E-state index contributed by atoms with van der Waals surface area (Å²) in [6, 6.07) is 12.1. The van der Waals surface area contributed by atoms with Crippen LogP contribution >= 0.6 is 0 Å². The third-order valence-corrected chi connectivity index (χ3v) is 7.29. The Kier molecular flexibility index (Phi) is 7.51. The number of hydrogen-bond donors (Lipinski definition) is 2. The van der Waals surface area contributed by atoms with Gasteiger partial charge in [0.1, 0.15) is 6.04 Å². The van der Waals surface area contributed by atoms with E-state index in [0.717, 1.165) is 23.1 Å². The van der Waals surface area contributed by atoms with Gasteiger partial charge in [0.15, 0.2) is 0 Å². The normalized spacial score (nSPS) is 20.4. The third-order valence-electron chi connectivity index (χ3n) is 7.29. The molecule has 0 aliphatic carbocycles. The van der Waals surface area contributed by atoms with Crippen molar-refractivity contribution in [1.29, 1.82) is 0 Å². The first-order valence-electron chi connectivity index (χ1n) is 12.9. The van der Waals surface area contributed by atoms with Gasteiger partial charge in [-0.25, -0.2) is 8.78 Å². The van der Waals surface area contributed by atoms with Crippen LogP contribution in [0.5, 0.6) is 0 Å². The molecule has 1 fully saturated rings. The van der Waals surface area contributed by atoms with Crippen molar-refractivity contribution in [2.24, 2.45) is 0 Å². The molecule has 0 aromatic heterocycles. The number of rotatable bonds is 8. The van der Waals surface area contributed by atoms with E-state index in [1.54, 1.807) is 29.2 Å². The lowest BCUT2D eigenvalue weighted by atomic mass is 9.86. The minimum atomic E-state index is -2.86. The maximum Gasteiger partial charge on any atom is 0.273 e. The molecule has 2 atom stereocenters. The number of carbonyl (C=O) groups excluding carboxylic acids is 2. The average molecular weight is 498 g/mol. The maximum absolute atomic E-state index is 14.7. The topological polar surface area (TPSA) is 61.4 Å². The molecule has 36 heavy (non-hydrogen) atoms. The Hall–Kier alpha value is -2.80. The second kappa shape index (κ2) is 10.3. The van der Waals surface area contributed by atoms with Gasteiger partial charge in [-0.3, -0.25) is 9.59 Å². The molecule has 2 aromatic rings. The molecule has 2 N–H and O–H groups in total. The average Bonchev–Trinajstić information content (AvgIpc) is 3.14. The first-order chi connectivity index (χ1) is 17.0. The number of hydrogen-bond acceptors (Lipinski definition) is 3. The number of alkyl halides is 2. The van der Waals surface area contributed by atoms with Gasteiger partial charge in [-0.05, 0) is 60.9 Å². The second-order valence-corrected chi connectivity index (χ2v) is 11.2. The first kappa shape index (κ1) is 26.3. The number of piperidine rings is 1. The quantitative estimate of drug-likeness (QED) is 0.489. The highest BCUT2D eigenvalue weighted by molar-refractivity contribution is 6.01. The fraction of sp³-hybridized carbons (Fsp3) is 0.517. The fourth-order valence-corrected chi connectivity index (χ4v) is 5.03. The van der Waals surface area contributed by atoms with E-state index in [1.165, 1.54) is 0 Å². The van der Waals surface area contributed by atoms with E-state index in [2.05, 4.69) is 31.4 Å². The molecule has 2 aromatic carbocycles. The highest BCUT2D eigenvalue weighted by Crippen LogP contribution is 2.34. The van der Waals surface area contributed by atoms with E-state index in [9.17, 15) is 18.4 Å². The molecule has 0 radical (unpaired) electrons. The van der Waals surface area contributed by atoms with Crippen molar-refractivity contribution < 1.29 is 18.4 Å². The smallest absolute Gasteiger partial charge is 0.273 e. The Morgan fingerprint density at radius 2 is 1.72 bits per heavy atom. The highest BCUT2D eigenvalue weighted by Gasteiger charge is 2.38. The van der Waals surface area contributed by atoms with E-state index in [1.807, 2.05) is 25.1 Å². The van der Waals surface area contributed by atoms with E-state index in [-0.39, 0.29) is 35.3 Å². The number of amides is 2. The van der Waals surface area contributed by atoms with Crippen LogP contribution in [0.25, 0.3) is 0 Å². The van der Waals surface area contributed by atoms with Gasteiger partial charge in [-0.1, -0.05) is 57.2 Å². The van der Waals surface area contributed by atoms with Crippen molar-refractivity contribution in [3.8, 4) is 0 Å². The molecule has 0 saturated carbocycles. The molecule has 2 amide bonds. The molecule has 2 aliphatic rings. The highest BCUT2D eigenvalue weighted by atomic mass is 19.3. The molecule has 5 nitrogen and oxygen atoms in total. The minimum Gasteiger partial charge on any atom is -0.352 e. The molecule has 194 valence electrons. The van der Waals surface area contributed by atoms with Gasteiger partial charge < -0.3 is 15.5 Å². The lowest BCUT2D eigenvalue weighted by Gasteiger charge is -2.33. The molecule has 4 rings (SSSR count). The van der Waals surface area contributed by atoms with Crippen LogP contribution in [-0.4, -0.2) is 35.3 Å².